The zero-order valence-corrected chi connectivity index (χ0v) is 11.8. The number of hydrogen-bond donors (Lipinski definition) is 1. The van der Waals surface area contributed by atoms with Gasteiger partial charge in [-0.25, -0.2) is 16.8 Å². The van der Waals surface area contributed by atoms with Gasteiger partial charge in [-0.15, -0.1) is 0 Å². The second kappa shape index (κ2) is 4.32. The quantitative estimate of drug-likeness (QED) is 0.811. The molecule has 0 bridgehead atoms. The van der Waals surface area contributed by atoms with Crippen molar-refractivity contribution in [2.75, 3.05) is 18.6 Å². The molecule has 1 aromatic heterocycles. The van der Waals surface area contributed by atoms with Gasteiger partial charge in [0, 0.05) is 13.1 Å². The highest BCUT2D eigenvalue weighted by Gasteiger charge is 2.37. The Morgan fingerprint density at radius 1 is 1.50 bits per heavy atom. The van der Waals surface area contributed by atoms with Crippen LogP contribution >= 0.6 is 0 Å². The van der Waals surface area contributed by atoms with E-state index in [1.54, 1.807) is 6.92 Å². The van der Waals surface area contributed by atoms with Crippen molar-refractivity contribution in [1.82, 2.24) is 14.5 Å². The van der Waals surface area contributed by atoms with E-state index >= 15 is 0 Å². The number of rotatable bonds is 3. The molecule has 1 aliphatic rings. The van der Waals surface area contributed by atoms with Gasteiger partial charge in [0.25, 0.3) is 0 Å². The van der Waals surface area contributed by atoms with Crippen LogP contribution < -0.4 is 0 Å². The number of hydrogen-bond acceptors (Lipinski definition) is 5. The lowest BCUT2D eigenvalue weighted by molar-refractivity contribution is 0.393. The standard InChI is InChI=1S/C9H15N3O4S2/c1-7-9(5-10-11-7)18(15,16)12(2)8-3-4-17(13,14)6-8/h5,8H,3-4,6H2,1-2H3,(H,10,11). The van der Waals surface area contributed by atoms with E-state index in [9.17, 15) is 16.8 Å². The maximum atomic E-state index is 12.3. The summed E-state index contributed by atoms with van der Waals surface area (Å²) in [5.74, 6) is -0.0679. The van der Waals surface area contributed by atoms with Gasteiger partial charge in [-0.1, -0.05) is 0 Å². The van der Waals surface area contributed by atoms with E-state index in [-0.39, 0.29) is 16.4 Å². The number of sulfonamides is 1. The fourth-order valence-corrected chi connectivity index (χ4v) is 5.38. The summed E-state index contributed by atoms with van der Waals surface area (Å²) in [5, 5.41) is 6.24. The van der Waals surface area contributed by atoms with E-state index in [0.717, 1.165) is 4.31 Å². The number of nitrogens with one attached hydrogen (secondary N) is 1. The monoisotopic (exact) mass is 293 g/mol. The molecule has 0 spiro atoms. The fourth-order valence-electron chi connectivity index (χ4n) is 2.01. The Balaban J connectivity index is 2.30. The van der Waals surface area contributed by atoms with Crippen molar-refractivity contribution in [2.24, 2.45) is 0 Å². The molecule has 18 heavy (non-hydrogen) atoms. The number of nitrogens with zero attached hydrogens (tertiary/aromatic N) is 2. The van der Waals surface area contributed by atoms with E-state index in [1.165, 1.54) is 13.2 Å². The Bertz CT molecular complexity index is 647. The molecule has 0 aromatic carbocycles. The molecular formula is C9H15N3O4S2. The van der Waals surface area contributed by atoms with Gasteiger partial charge >= 0.3 is 0 Å². The summed E-state index contributed by atoms with van der Waals surface area (Å²) < 4.78 is 48.5. The summed E-state index contributed by atoms with van der Waals surface area (Å²) >= 11 is 0. The zero-order chi connectivity index (χ0) is 13.6. The van der Waals surface area contributed by atoms with Crippen LogP contribution in [0.25, 0.3) is 0 Å². The number of aromatic nitrogens is 2. The minimum absolute atomic E-state index is 0.0435. The zero-order valence-electron chi connectivity index (χ0n) is 10.1. The molecule has 1 N–H and O–H groups in total. The van der Waals surface area contributed by atoms with Crippen LogP contribution in [-0.4, -0.2) is 55.9 Å². The van der Waals surface area contributed by atoms with E-state index in [1.807, 2.05) is 0 Å². The maximum Gasteiger partial charge on any atom is 0.246 e. The third-order valence-electron chi connectivity index (χ3n) is 3.16. The molecule has 1 saturated heterocycles. The predicted molar refractivity (Wildman–Crippen MR) is 65.3 cm³/mol. The summed E-state index contributed by atoms with van der Waals surface area (Å²) in [6.07, 6.45) is 1.58. The Labute approximate surface area is 106 Å². The lowest BCUT2D eigenvalue weighted by atomic mass is 10.3. The molecule has 0 aliphatic carbocycles. The van der Waals surface area contributed by atoms with E-state index < -0.39 is 25.9 Å². The second-order valence-corrected chi connectivity index (χ2v) is 8.63. The van der Waals surface area contributed by atoms with Crippen LogP contribution in [0.4, 0.5) is 0 Å². The third kappa shape index (κ3) is 2.29. The lowest BCUT2D eigenvalue weighted by Crippen LogP contribution is -2.37. The molecule has 0 amide bonds. The van der Waals surface area contributed by atoms with E-state index in [2.05, 4.69) is 10.2 Å². The first-order valence-electron chi connectivity index (χ1n) is 5.42. The summed E-state index contributed by atoms with van der Waals surface area (Å²) in [6, 6.07) is -0.491. The van der Waals surface area contributed by atoms with Crippen LogP contribution in [0.1, 0.15) is 12.1 Å². The number of sulfone groups is 1. The molecule has 1 unspecified atom stereocenters. The summed E-state index contributed by atoms with van der Waals surface area (Å²) in [4.78, 5) is 0.0919. The molecule has 1 aliphatic heterocycles. The van der Waals surface area contributed by atoms with Crippen molar-refractivity contribution >= 4 is 19.9 Å². The van der Waals surface area contributed by atoms with Crippen LogP contribution in [0.15, 0.2) is 11.1 Å². The van der Waals surface area contributed by atoms with Crippen molar-refractivity contribution in [1.29, 1.82) is 0 Å². The normalized spacial score (nSPS) is 23.6. The molecule has 1 fully saturated rings. The van der Waals surface area contributed by atoms with Crippen LogP contribution in [0.3, 0.4) is 0 Å². The average Bonchev–Trinajstić information content (AvgIpc) is 2.83. The van der Waals surface area contributed by atoms with Gasteiger partial charge in [-0.3, -0.25) is 5.10 Å². The van der Waals surface area contributed by atoms with Crippen LogP contribution in [0.2, 0.25) is 0 Å². The number of H-pyrrole nitrogens is 1. The highest BCUT2D eigenvalue weighted by atomic mass is 32.2. The van der Waals surface area contributed by atoms with Gasteiger partial charge in [0.2, 0.25) is 10.0 Å². The first-order chi connectivity index (χ1) is 8.24. The maximum absolute atomic E-state index is 12.3. The Hall–Kier alpha value is -0.930. The summed E-state index contributed by atoms with van der Waals surface area (Å²) in [5.41, 5.74) is 0.447. The molecular weight excluding hydrogens is 278 g/mol. The van der Waals surface area contributed by atoms with Gasteiger partial charge in [-0.2, -0.15) is 9.40 Å². The molecule has 2 heterocycles. The molecule has 102 valence electrons. The molecule has 9 heteroatoms. The number of aromatic amines is 1. The highest BCUT2D eigenvalue weighted by molar-refractivity contribution is 7.92. The average molecular weight is 293 g/mol. The third-order valence-corrected chi connectivity index (χ3v) is 6.94. The first-order valence-corrected chi connectivity index (χ1v) is 8.68. The van der Waals surface area contributed by atoms with Gasteiger partial charge < -0.3 is 0 Å². The molecule has 7 nitrogen and oxygen atoms in total. The van der Waals surface area contributed by atoms with E-state index in [0.29, 0.717) is 12.1 Å². The van der Waals surface area contributed by atoms with Gasteiger partial charge in [0.15, 0.2) is 9.84 Å². The molecule has 1 atom stereocenters. The number of aryl methyl sites for hydroxylation is 1. The SMILES string of the molecule is Cc1[nH]ncc1S(=O)(=O)N(C)C1CCS(=O)(=O)C1. The Morgan fingerprint density at radius 2 is 2.17 bits per heavy atom. The van der Waals surface area contributed by atoms with Crippen molar-refractivity contribution in [3.05, 3.63) is 11.9 Å². The second-order valence-electron chi connectivity index (χ2n) is 4.44. The van der Waals surface area contributed by atoms with Crippen molar-refractivity contribution in [3.63, 3.8) is 0 Å². The summed E-state index contributed by atoms with van der Waals surface area (Å²) in [6.45, 7) is 1.61. The van der Waals surface area contributed by atoms with Crippen LogP contribution in [0.5, 0.6) is 0 Å². The fraction of sp³-hybridized carbons (Fsp3) is 0.667. The molecule has 1 aromatic rings. The van der Waals surface area contributed by atoms with Gasteiger partial charge in [-0.05, 0) is 13.3 Å². The topological polar surface area (TPSA) is 100 Å². The van der Waals surface area contributed by atoms with Crippen LogP contribution in [-0.2, 0) is 19.9 Å². The molecule has 2 rings (SSSR count). The Kier molecular flexibility index (Phi) is 3.24. The van der Waals surface area contributed by atoms with Crippen LogP contribution in [0, 0.1) is 6.92 Å². The smallest absolute Gasteiger partial charge is 0.246 e. The first kappa shape index (κ1) is 13.5. The van der Waals surface area contributed by atoms with Gasteiger partial charge in [0.05, 0.1) is 23.4 Å². The summed E-state index contributed by atoms with van der Waals surface area (Å²) in [7, 11) is -5.38. The largest absolute Gasteiger partial charge is 0.281 e. The molecule has 0 radical (unpaired) electrons. The van der Waals surface area contributed by atoms with Crippen molar-refractivity contribution < 1.29 is 16.8 Å². The van der Waals surface area contributed by atoms with Crippen molar-refractivity contribution in [2.45, 2.75) is 24.3 Å². The van der Waals surface area contributed by atoms with Gasteiger partial charge in [0.1, 0.15) is 4.90 Å². The minimum atomic E-state index is -3.68. The van der Waals surface area contributed by atoms with Crippen molar-refractivity contribution in [3.8, 4) is 0 Å². The predicted octanol–water partition coefficient (Wildman–Crippen LogP) is -0.474. The van der Waals surface area contributed by atoms with E-state index in [4.69, 9.17) is 0 Å². The molecule has 0 saturated carbocycles. The highest BCUT2D eigenvalue weighted by Crippen LogP contribution is 2.24. The minimum Gasteiger partial charge on any atom is -0.281 e. The lowest BCUT2D eigenvalue weighted by Gasteiger charge is -2.22. The Morgan fingerprint density at radius 3 is 2.61 bits per heavy atom.